The van der Waals surface area contributed by atoms with E-state index in [9.17, 15) is 10.1 Å². The molecule has 1 atom stereocenters. The number of aromatic nitrogens is 1. The molecule has 1 aromatic heterocycles. The van der Waals surface area contributed by atoms with E-state index < -0.39 is 4.92 Å². The Morgan fingerprint density at radius 3 is 2.60 bits per heavy atom. The molecule has 1 rings (SSSR count). The summed E-state index contributed by atoms with van der Waals surface area (Å²) in [6.45, 7) is 4.23. The molecule has 0 spiro atoms. The Kier molecular flexibility index (Phi) is 4.20. The molecule has 4 nitrogen and oxygen atoms in total. The van der Waals surface area contributed by atoms with Crippen molar-refractivity contribution in [2.75, 3.05) is 0 Å². The molecule has 0 N–H and O–H groups in total. The van der Waals surface area contributed by atoms with Gasteiger partial charge in [0.05, 0.1) is 4.92 Å². The van der Waals surface area contributed by atoms with Gasteiger partial charge in [-0.3, -0.25) is 15.1 Å². The van der Waals surface area contributed by atoms with Crippen LogP contribution in [0, 0.1) is 16.0 Å². The third kappa shape index (κ3) is 3.58. The van der Waals surface area contributed by atoms with Gasteiger partial charge >= 0.3 is 0 Å². The third-order valence-electron chi connectivity index (χ3n) is 2.15. The minimum atomic E-state index is -0.440. The van der Waals surface area contributed by atoms with E-state index in [0.29, 0.717) is 10.7 Å². The summed E-state index contributed by atoms with van der Waals surface area (Å²) in [4.78, 5) is 14.4. The summed E-state index contributed by atoms with van der Waals surface area (Å²) in [5.41, 5.74) is 0.908. The summed E-state index contributed by atoms with van der Waals surface area (Å²) in [6, 6.07) is 3.19. The van der Waals surface area contributed by atoms with E-state index in [4.69, 9.17) is 0 Å². The molecule has 1 unspecified atom stereocenters. The topological polar surface area (TPSA) is 56.0 Å². The van der Waals surface area contributed by atoms with Gasteiger partial charge < -0.3 is 0 Å². The Balaban J connectivity index is 2.68. The lowest BCUT2D eigenvalue weighted by atomic mass is 10.1. The van der Waals surface area contributed by atoms with Crippen LogP contribution >= 0.6 is 15.9 Å². The number of hydrogen-bond donors (Lipinski definition) is 0. The van der Waals surface area contributed by atoms with Crippen molar-refractivity contribution < 1.29 is 4.92 Å². The summed E-state index contributed by atoms with van der Waals surface area (Å²) in [5, 5.41) is 10.4. The zero-order valence-electron chi connectivity index (χ0n) is 8.68. The Bertz CT molecular complexity index is 338. The largest absolute Gasteiger partial charge is 0.287 e. The number of nitrogens with zero attached hydrogens (tertiary/aromatic N) is 2. The Morgan fingerprint density at radius 2 is 2.20 bits per heavy atom. The molecule has 1 heterocycles. The summed E-state index contributed by atoms with van der Waals surface area (Å²) >= 11 is 3.55. The average Bonchev–Trinajstić information content (AvgIpc) is 2.18. The standard InChI is InChI=1S/C10H13BrN2O2/c1-7(2)10(11)5-8-3-4-9(6-12-8)13(14)15/h3-4,6-7,10H,5H2,1-2H3. The van der Waals surface area contributed by atoms with E-state index in [1.165, 1.54) is 12.3 Å². The van der Waals surface area contributed by atoms with Gasteiger partial charge in [0, 0.05) is 23.0 Å². The maximum absolute atomic E-state index is 10.4. The van der Waals surface area contributed by atoms with Crippen LogP contribution in [0.15, 0.2) is 18.3 Å². The highest BCUT2D eigenvalue weighted by atomic mass is 79.9. The Morgan fingerprint density at radius 1 is 1.53 bits per heavy atom. The molecule has 0 aromatic carbocycles. The van der Waals surface area contributed by atoms with Crippen LogP contribution in [0.3, 0.4) is 0 Å². The molecule has 0 aliphatic rings. The lowest BCUT2D eigenvalue weighted by Crippen LogP contribution is -2.11. The molecule has 0 fully saturated rings. The van der Waals surface area contributed by atoms with E-state index in [-0.39, 0.29) is 5.69 Å². The van der Waals surface area contributed by atoms with Crippen molar-refractivity contribution in [2.45, 2.75) is 25.1 Å². The normalized spacial score (nSPS) is 12.8. The zero-order chi connectivity index (χ0) is 11.4. The number of nitro groups is 1. The van der Waals surface area contributed by atoms with E-state index >= 15 is 0 Å². The number of pyridine rings is 1. The van der Waals surface area contributed by atoms with Gasteiger partial charge in [-0.15, -0.1) is 0 Å². The number of rotatable bonds is 4. The lowest BCUT2D eigenvalue weighted by Gasteiger charge is -2.12. The van der Waals surface area contributed by atoms with Crippen LogP contribution in [-0.4, -0.2) is 14.7 Å². The van der Waals surface area contributed by atoms with Crippen molar-refractivity contribution in [3.8, 4) is 0 Å². The van der Waals surface area contributed by atoms with Gasteiger partial charge in [0.1, 0.15) is 6.20 Å². The van der Waals surface area contributed by atoms with Gasteiger partial charge in [-0.1, -0.05) is 29.8 Å². The summed E-state index contributed by atoms with van der Waals surface area (Å²) in [5.74, 6) is 0.516. The summed E-state index contributed by atoms with van der Waals surface area (Å²) in [6.07, 6.45) is 2.09. The molecular weight excluding hydrogens is 260 g/mol. The molecule has 0 aliphatic carbocycles. The van der Waals surface area contributed by atoms with Crippen molar-refractivity contribution in [1.82, 2.24) is 4.98 Å². The second-order valence-corrected chi connectivity index (χ2v) is 4.91. The Hall–Kier alpha value is -0.970. The number of hydrogen-bond acceptors (Lipinski definition) is 3. The fourth-order valence-corrected chi connectivity index (χ4v) is 1.41. The van der Waals surface area contributed by atoms with Gasteiger partial charge in [0.2, 0.25) is 0 Å². The second-order valence-electron chi connectivity index (χ2n) is 3.73. The van der Waals surface area contributed by atoms with Gasteiger partial charge in [-0.2, -0.15) is 0 Å². The minimum absolute atomic E-state index is 0.0365. The molecule has 1 aromatic rings. The molecule has 5 heteroatoms. The maximum Gasteiger partial charge on any atom is 0.287 e. The molecule has 0 amide bonds. The molecule has 0 bridgehead atoms. The van der Waals surface area contributed by atoms with Crippen LogP contribution in [0.4, 0.5) is 5.69 Å². The highest BCUT2D eigenvalue weighted by molar-refractivity contribution is 9.09. The van der Waals surface area contributed by atoms with Crippen molar-refractivity contribution in [3.63, 3.8) is 0 Å². The van der Waals surface area contributed by atoms with Crippen LogP contribution in [-0.2, 0) is 6.42 Å². The molecule has 0 saturated carbocycles. The van der Waals surface area contributed by atoms with Crippen LogP contribution in [0.2, 0.25) is 0 Å². The number of halogens is 1. The number of alkyl halides is 1. The first-order chi connectivity index (χ1) is 7.00. The average molecular weight is 273 g/mol. The van der Waals surface area contributed by atoms with Crippen molar-refractivity contribution >= 4 is 21.6 Å². The maximum atomic E-state index is 10.4. The first-order valence-electron chi connectivity index (χ1n) is 4.74. The fraction of sp³-hybridized carbons (Fsp3) is 0.500. The molecule has 0 aliphatic heterocycles. The third-order valence-corrected chi connectivity index (χ3v) is 3.53. The lowest BCUT2D eigenvalue weighted by molar-refractivity contribution is -0.385. The predicted octanol–water partition coefficient (Wildman–Crippen LogP) is 2.95. The van der Waals surface area contributed by atoms with Crippen molar-refractivity contribution in [1.29, 1.82) is 0 Å². The van der Waals surface area contributed by atoms with Crippen LogP contribution in [0.1, 0.15) is 19.5 Å². The minimum Gasteiger partial charge on any atom is -0.258 e. The van der Waals surface area contributed by atoms with Crippen LogP contribution in [0.25, 0.3) is 0 Å². The quantitative estimate of drug-likeness (QED) is 0.481. The summed E-state index contributed by atoms with van der Waals surface area (Å²) < 4.78 is 0. The second kappa shape index (κ2) is 5.21. The fourth-order valence-electron chi connectivity index (χ4n) is 1.08. The van der Waals surface area contributed by atoms with Crippen molar-refractivity contribution in [2.24, 2.45) is 5.92 Å². The first-order valence-corrected chi connectivity index (χ1v) is 5.65. The highest BCUT2D eigenvalue weighted by Crippen LogP contribution is 2.18. The molecular formula is C10H13BrN2O2. The highest BCUT2D eigenvalue weighted by Gasteiger charge is 2.12. The zero-order valence-corrected chi connectivity index (χ0v) is 10.3. The smallest absolute Gasteiger partial charge is 0.258 e. The predicted molar refractivity (Wildman–Crippen MR) is 62.1 cm³/mol. The first kappa shape index (κ1) is 12.1. The van der Waals surface area contributed by atoms with Crippen LogP contribution in [0.5, 0.6) is 0 Å². The van der Waals surface area contributed by atoms with Gasteiger partial charge in [-0.05, 0) is 12.0 Å². The van der Waals surface area contributed by atoms with E-state index in [2.05, 4.69) is 34.8 Å². The van der Waals surface area contributed by atoms with Crippen molar-refractivity contribution in [3.05, 3.63) is 34.1 Å². The van der Waals surface area contributed by atoms with E-state index in [0.717, 1.165) is 12.1 Å². The summed E-state index contributed by atoms with van der Waals surface area (Å²) in [7, 11) is 0. The molecule has 0 radical (unpaired) electrons. The SMILES string of the molecule is CC(C)C(Br)Cc1ccc([N+](=O)[O-])cn1. The molecule has 15 heavy (non-hydrogen) atoms. The van der Waals surface area contributed by atoms with Gasteiger partial charge in [-0.25, -0.2) is 0 Å². The monoisotopic (exact) mass is 272 g/mol. The van der Waals surface area contributed by atoms with Crippen LogP contribution < -0.4 is 0 Å². The van der Waals surface area contributed by atoms with E-state index in [1.807, 2.05) is 0 Å². The van der Waals surface area contributed by atoms with Gasteiger partial charge in [0.25, 0.3) is 5.69 Å². The molecule has 0 saturated heterocycles. The molecule has 82 valence electrons. The van der Waals surface area contributed by atoms with E-state index in [1.54, 1.807) is 6.07 Å². The van der Waals surface area contributed by atoms with Gasteiger partial charge in [0.15, 0.2) is 0 Å². The Labute approximate surface area is 97.0 Å².